The number of hydrogen-bond donors (Lipinski definition) is 1. The highest BCUT2D eigenvalue weighted by Gasteiger charge is 2.41. The van der Waals surface area contributed by atoms with Gasteiger partial charge in [-0.15, -0.1) is 0 Å². The number of rotatable bonds is 5. The second-order valence-electron chi connectivity index (χ2n) is 5.60. The predicted octanol–water partition coefficient (Wildman–Crippen LogP) is 1.35. The third-order valence-corrected chi connectivity index (χ3v) is 3.21. The van der Waals surface area contributed by atoms with Crippen LogP contribution in [0.2, 0.25) is 0 Å². The maximum absolute atomic E-state index is 12.6. The first kappa shape index (κ1) is 14.9. The Morgan fingerprint density at radius 2 is 1.89 bits per heavy atom. The van der Waals surface area contributed by atoms with Crippen LogP contribution in [0.25, 0.3) is 0 Å². The third kappa shape index (κ3) is 3.21. The number of carbonyl (C=O) groups excluding carboxylic acids is 2. The van der Waals surface area contributed by atoms with Gasteiger partial charge in [0, 0.05) is 6.54 Å². The molecular weight excluding hydrogens is 235 g/mol. The number of alkyl halides is 1. The molecule has 1 fully saturated rings. The molecule has 0 spiro atoms. The molecule has 0 aromatic heterocycles. The normalized spacial score (nSPS) is 24.9. The molecular formula is C13H23FN2O2. The molecule has 1 saturated heterocycles. The lowest BCUT2D eigenvalue weighted by atomic mass is 9.94. The summed E-state index contributed by atoms with van der Waals surface area (Å²) in [6.45, 7) is 7.11. The maximum atomic E-state index is 12.6. The lowest BCUT2D eigenvalue weighted by Crippen LogP contribution is -2.65. The molecule has 0 bridgehead atoms. The number of amides is 2. The Balaban J connectivity index is 2.91. The Kier molecular flexibility index (Phi) is 5.11. The Morgan fingerprint density at radius 3 is 2.33 bits per heavy atom. The number of halogens is 1. The van der Waals surface area contributed by atoms with E-state index in [1.807, 2.05) is 27.7 Å². The summed E-state index contributed by atoms with van der Waals surface area (Å²) in [4.78, 5) is 25.7. The van der Waals surface area contributed by atoms with Gasteiger partial charge >= 0.3 is 0 Å². The smallest absolute Gasteiger partial charge is 0.246 e. The van der Waals surface area contributed by atoms with Gasteiger partial charge in [0.25, 0.3) is 0 Å². The summed E-state index contributed by atoms with van der Waals surface area (Å²) < 4.78 is 12.6. The molecule has 5 heteroatoms. The molecule has 0 radical (unpaired) electrons. The highest BCUT2D eigenvalue weighted by atomic mass is 19.1. The topological polar surface area (TPSA) is 49.4 Å². The van der Waals surface area contributed by atoms with Gasteiger partial charge in [-0.3, -0.25) is 9.59 Å². The average molecular weight is 258 g/mol. The highest BCUT2D eigenvalue weighted by molar-refractivity contribution is 5.97. The molecule has 2 amide bonds. The van der Waals surface area contributed by atoms with Gasteiger partial charge in [0.15, 0.2) is 0 Å². The molecule has 1 aliphatic heterocycles. The Labute approximate surface area is 108 Å². The average Bonchev–Trinajstić information content (AvgIpc) is 2.27. The molecule has 1 rings (SSSR count). The van der Waals surface area contributed by atoms with Crippen molar-refractivity contribution in [1.29, 1.82) is 0 Å². The molecule has 4 nitrogen and oxygen atoms in total. The van der Waals surface area contributed by atoms with Gasteiger partial charge in [0.2, 0.25) is 11.8 Å². The van der Waals surface area contributed by atoms with Crippen LogP contribution in [0.1, 0.15) is 34.1 Å². The largest absolute Gasteiger partial charge is 0.342 e. The van der Waals surface area contributed by atoms with Crippen molar-refractivity contribution in [2.75, 3.05) is 13.2 Å². The molecule has 2 unspecified atom stereocenters. The summed E-state index contributed by atoms with van der Waals surface area (Å²) in [5, 5.41) is 2.76. The first-order valence-electron chi connectivity index (χ1n) is 6.55. The van der Waals surface area contributed by atoms with Gasteiger partial charge in [0.1, 0.15) is 18.8 Å². The number of hydrogen-bond acceptors (Lipinski definition) is 2. The summed E-state index contributed by atoms with van der Waals surface area (Å²) in [6.07, 6.45) is 0.572. The molecule has 1 aliphatic rings. The summed E-state index contributed by atoms with van der Waals surface area (Å²) in [7, 11) is 0. The van der Waals surface area contributed by atoms with Gasteiger partial charge in [-0.05, 0) is 18.3 Å². The zero-order valence-electron chi connectivity index (χ0n) is 11.6. The highest BCUT2D eigenvalue weighted by Crippen LogP contribution is 2.20. The van der Waals surface area contributed by atoms with E-state index >= 15 is 0 Å². The first-order valence-corrected chi connectivity index (χ1v) is 6.55. The van der Waals surface area contributed by atoms with Crippen LogP contribution in [-0.2, 0) is 9.59 Å². The fourth-order valence-corrected chi connectivity index (χ4v) is 2.27. The van der Waals surface area contributed by atoms with E-state index in [9.17, 15) is 14.0 Å². The molecule has 2 atom stereocenters. The lowest BCUT2D eigenvalue weighted by molar-refractivity contribution is -0.151. The molecule has 0 saturated carbocycles. The van der Waals surface area contributed by atoms with Crippen LogP contribution >= 0.6 is 0 Å². The summed E-state index contributed by atoms with van der Waals surface area (Å²) in [6, 6.07) is -1.05. The number of carbonyl (C=O) groups is 2. The standard InChI is InChI=1S/C13H23FN2O2/c1-8(2)7-10-12(17)15-11(9(3)4)13(18)16(10)6-5-14/h8-11H,5-7H2,1-4H3,(H,15,17). The lowest BCUT2D eigenvalue weighted by Gasteiger charge is -2.40. The Bertz CT molecular complexity index is 318. The SMILES string of the molecule is CC(C)CC1C(=O)NC(C(C)C)C(=O)N1CCF. The third-order valence-electron chi connectivity index (χ3n) is 3.21. The van der Waals surface area contributed by atoms with Crippen molar-refractivity contribution >= 4 is 11.8 Å². The quantitative estimate of drug-likeness (QED) is 0.809. The fourth-order valence-electron chi connectivity index (χ4n) is 2.27. The van der Waals surface area contributed by atoms with E-state index in [-0.39, 0.29) is 30.2 Å². The second-order valence-corrected chi connectivity index (χ2v) is 5.60. The van der Waals surface area contributed by atoms with E-state index in [2.05, 4.69) is 5.32 Å². The zero-order chi connectivity index (χ0) is 13.9. The van der Waals surface area contributed by atoms with Crippen LogP contribution < -0.4 is 5.32 Å². The summed E-state index contributed by atoms with van der Waals surface area (Å²) in [5.41, 5.74) is 0. The van der Waals surface area contributed by atoms with Crippen LogP contribution in [-0.4, -0.2) is 42.0 Å². The van der Waals surface area contributed by atoms with E-state index in [0.717, 1.165) is 0 Å². The van der Waals surface area contributed by atoms with Crippen LogP contribution in [0.3, 0.4) is 0 Å². The van der Waals surface area contributed by atoms with Crippen molar-refractivity contribution < 1.29 is 14.0 Å². The molecule has 0 aromatic carbocycles. The maximum Gasteiger partial charge on any atom is 0.246 e. The number of piperazine rings is 1. The van der Waals surface area contributed by atoms with Crippen LogP contribution in [0, 0.1) is 11.8 Å². The van der Waals surface area contributed by atoms with Crippen molar-refractivity contribution in [3.8, 4) is 0 Å². The van der Waals surface area contributed by atoms with Gasteiger partial charge in [0.05, 0.1) is 0 Å². The van der Waals surface area contributed by atoms with Gasteiger partial charge in [-0.2, -0.15) is 0 Å². The van der Waals surface area contributed by atoms with Gasteiger partial charge in [-0.25, -0.2) is 4.39 Å². The Morgan fingerprint density at radius 1 is 1.28 bits per heavy atom. The van der Waals surface area contributed by atoms with Crippen molar-refractivity contribution in [2.45, 2.75) is 46.2 Å². The monoisotopic (exact) mass is 258 g/mol. The second kappa shape index (κ2) is 6.16. The molecule has 104 valence electrons. The van der Waals surface area contributed by atoms with Crippen molar-refractivity contribution in [2.24, 2.45) is 11.8 Å². The fraction of sp³-hybridized carbons (Fsp3) is 0.846. The molecule has 1 N–H and O–H groups in total. The van der Waals surface area contributed by atoms with Crippen LogP contribution in [0.15, 0.2) is 0 Å². The van der Waals surface area contributed by atoms with E-state index < -0.39 is 18.8 Å². The number of nitrogens with zero attached hydrogens (tertiary/aromatic N) is 1. The minimum atomic E-state index is -0.613. The zero-order valence-corrected chi connectivity index (χ0v) is 11.6. The van der Waals surface area contributed by atoms with Crippen LogP contribution in [0.4, 0.5) is 4.39 Å². The van der Waals surface area contributed by atoms with E-state index in [1.165, 1.54) is 4.90 Å². The van der Waals surface area contributed by atoms with E-state index in [0.29, 0.717) is 6.42 Å². The van der Waals surface area contributed by atoms with Crippen molar-refractivity contribution in [3.63, 3.8) is 0 Å². The molecule has 1 heterocycles. The molecule has 18 heavy (non-hydrogen) atoms. The van der Waals surface area contributed by atoms with Gasteiger partial charge < -0.3 is 10.2 Å². The predicted molar refractivity (Wildman–Crippen MR) is 67.7 cm³/mol. The van der Waals surface area contributed by atoms with Crippen LogP contribution in [0.5, 0.6) is 0 Å². The summed E-state index contributed by atoms with van der Waals surface area (Å²) >= 11 is 0. The minimum absolute atomic E-state index is 0.00681. The van der Waals surface area contributed by atoms with E-state index in [4.69, 9.17) is 0 Å². The number of nitrogens with one attached hydrogen (secondary N) is 1. The first-order chi connectivity index (χ1) is 8.38. The molecule has 0 aromatic rings. The van der Waals surface area contributed by atoms with Crippen molar-refractivity contribution in [3.05, 3.63) is 0 Å². The molecule has 0 aliphatic carbocycles. The van der Waals surface area contributed by atoms with Crippen molar-refractivity contribution in [1.82, 2.24) is 10.2 Å². The summed E-state index contributed by atoms with van der Waals surface area (Å²) in [5.74, 6) is -0.0156. The van der Waals surface area contributed by atoms with Gasteiger partial charge in [-0.1, -0.05) is 27.7 Å². The van der Waals surface area contributed by atoms with E-state index in [1.54, 1.807) is 0 Å². The Hall–Kier alpha value is -1.13. The minimum Gasteiger partial charge on any atom is -0.342 e.